The molecule has 6 rings (SSSR count). The van der Waals surface area contributed by atoms with E-state index in [1.165, 1.54) is 4.80 Å². The van der Waals surface area contributed by atoms with Crippen molar-refractivity contribution in [3.8, 4) is 11.7 Å². The lowest BCUT2D eigenvalue weighted by Gasteiger charge is -2.49. The number of amides is 1. The van der Waals surface area contributed by atoms with Crippen LogP contribution in [0.3, 0.4) is 0 Å². The van der Waals surface area contributed by atoms with Crippen LogP contribution >= 0.6 is 11.6 Å². The number of nitrogens with zero attached hydrogens (tertiary/aromatic N) is 6. The molecule has 3 aromatic heterocycles. The second-order valence-corrected chi connectivity index (χ2v) is 8.31. The Morgan fingerprint density at radius 1 is 1.17 bits per heavy atom. The highest BCUT2D eigenvalue weighted by Gasteiger charge is 2.45. The zero-order chi connectivity index (χ0) is 20.7. The summed E-state index contributed by atoms with van der Waals surface area (Å²) in [4.78, 5) is 25.6. The molecule has 2 bridgehead atoms. The molecule has 3 aliphatic rings. The van der Waals surface area contributed by atoms with Gasteiger partial charge in [0.1, 0.15) is 6.10 Å². The first-order valence-corrected chi connectivity index (χ1v) is 10.4. The molecule has 0 spiro atoms. The van der Waals surface area contributed by atoms with Gasteiger partial charge in [0.15, 0.2) is 5.82 Å². The van der Waals surface area contributed by atoms with Crippen LogP contribution in [0, 0.1) is 12.8 Å². The molecule has 0 aromatic carbocycles. The summed E-state index contributed by atoms with van der Waals surface area (Å²) in [6.07, 6.45) is 9.25. The highest BCUT2D eigenvalue weighted by molar-refractivity contribution is 6.30. The zero-order valence-corrected chi connectivity index (χ0v) is 17.2. The van der Waals surface area contributed by atoms with Crippen LogP contribution in [-0.4, -0.2) is 54.5 Å². The quantitative estimate of drug-likeness (QED) is 0.639. The van der Waals surface area contributed by atoms with Gasteiger partial charge in [-0.15, -0.1) is 4.80 Å². The number of pyridine rings is 2. The van der Waals surface area contributed by atoms with E-state index in [0.29, 0.717) is 28.2 Å². The lowest BCUT2D eigenvalue weighted by molar-refractivity contribution is -0.0313. The fourth-order valence-electron chi connectivity index (χ4n) is 4.44. The second-order valence-electron chi connectivity index (χ2n) is 7.88. The Morgan fingerprint density at radius 3 is 2.73 bits per heavy atom. The van der Waals surface area contributed by atoms with Crippen LogP contribution in [0.1, 0.15) is 35.2 Å². The Bertz CT molecular complexity index is 1060. The Morgan fingerprint density at radius 2 is 2.00 bits per heavy atom. The Labute approximate surface area is 178 Å². The third kappa shape index (κ3) is 3.52. The summed E-state index contributed by atoms with van der Waals surface area (Å²) in [5.74, 6) is 1.31. The van der Waals surface area contributed by atoms with Crippen molar-refractivity contribution in [2.45, 2.75) is 38.3 Å². The van der Waals surface area contributed by atoms with E-state index in [9.17, 15) is 4.79 Å². The molecule has 3 fully saturated rings. The standard InChI is InChI=1S/C21H21ClN6O2/c1-13-8-16(20(24-10-13)28-25-6-7-26-28)21(29)27-12-14-2-4-17(27)18(9-14)30-19-5-3-15(22)11-23-19/h3,5-8,10-11,14,17-18H,2,4,9,12H2,1H3/t14-,17+,18-/m1/s1. The molecule has 9 heteroatoms. The molecule has 1 amide bonds. The van der Waals surface area contributed by atoms with Crippen molar-refractivity contribution >= 4 is 17.5 Å². The van der Waals surface area contributed by atoms with Crippen LogP contribution in [0.25, 0.3) is 5.82 Å². The molecule has 2 aliphatic heterocycles. The van der Waals surface area contributed by atoms with Gasteiger partial charge in [-0.1, -0.05) is 11.6 Å². The molecule has 0 N–H and O–H groups in total. The van der Waals surface area contributed by atoms with Crippen LogP contribution in [-0.2, 0) is 0 Å². The maximum absolute atomic E-state index is 13.6. The molecular formula is C21H21ClN6O2. The summed E-state index contributed by atoms with van der Waals surface area (Å²) in [7, 11) is 0. The number of ether oxygens (including phenoxy) is 1. The Hall–Kier alpha value is -3.00. The molecule has 8 nitrogen and oxygen atoms in total. The van der Waals surface area contributed by atoms with Crippen molar-refractivity contribution in [3.63, 3.8) is 0 Å². The normalized spacial score (nSPS) is 22.9. The number of halogens is 1. The number of carbonyl (C=O) groups is 1. The zero-order valence-electron chi connectivity index (χ0n) is 16.5. The molecule has 0 radical (unpaired) electrons. The van der Waals surface area contributed by atoms with Crippen molar-refractivity contribution in [1.82, 2.24) is 29.9 Å². The summed E-state index contributed by atoms with van der Waals surface area (Å²) in [6.45, 7) is 2.64. The number of aromatic nitrogens is 5. The number of aryl methyl sites for hydroxylation is 1. The van der Waals surface area contributed by atoms with Crippen molar-refractivity contribution in [2.75, 3.05) is 6.54 Å². The van der Waals surface area contributed by atoms with Gasteiger partial charge in [0.05, 0.1) is 29.0 Å². The smallest absolute Gasteiger partial charge is 0.258 e. The number of rotatable bonds is 4. The van der Waals surface area contributed by atoms with Crippen molar-refractivity contribution < 1.29 is 9.53 Å². The molecule has 3 atom stereocenters. The molecule has 2 saturated heterocycles. The van der Waals surface area contributed by atoms with E-state index < -0.39 is 0 Å². The number of fused-ring (bicyclic) bond motifs is 3. The summed E-state index contributed by atoms with van der Waals surface area (Å²) in [5, 5.41) is 8.88. The van der Waals surface area contributed by atoms with Gasteiger partial charge < -0.3 is 9.64 Å². The largest absolute Gasteiger partial charge is 0.472 e. The van der Waals surface area contributed by atoms with Crippen LogP contribution in [0.5, 0.6) is 5.88 Å². The van der Waals surface area contributed by atoms with Gasteiger partial charge in [0.25, 0.3) is 5.91 Å². The van der Waals surface area contributed by atoms with Gasteiger partial charge in [-0.3, -0.25) is 4.79 Å². The van der Waals surface area contributed by atoms with E-state index in [-0.39, 0.29) is 18.1 Å². The third-order valence-corrected chi connectivity index (χ3v) is 6.02. The highest BCUT2D eigenvalue weighted by atomic mass is 35.5. The number of piperidine rings is 2. The summed E-state index contributed by atoms with van der Waals surface area (Å²) in [6, 6.07) is 5.37. The van der Waals surface area contributed by atoms with Crippen molar-refractivity contribution in [1.29, 1.82) is 0 Å². The van der Waals surface area contributed by atoms with E-state index >= 15 is 0 Å². The lowest BCUT2D eigenvalue weighted by atomic mass is 9.77. The first-order chi connectivity index (χ1) is 14.6. The minimum absolute atomic E-state index is 0.0149. The minimum Gasteiger partial charge on any atom is -0.472 e. The van der Waals surface area contributed by atoms with Gasteiger partial charge >= 0.3 is 0 Å². The van der Waals surface area contributed by atoms with Gasteiger partial charge in [-0.25, -0.2) is 9.97 Å². The van der Waals surface area contributed by atoms with Gasteiger partial charge in [0.2, 0.25) is 5.88 Å². The monoisotopic (exact) mass is 424 g/mol. The van der Waals surface area contributed by atoms with E-state index in [2.05, 4.69) is 20.2 Å². The van der Waals surface area contributed by atoms with E-state index in [0.717, 1.165) is 31.4 Å². The maximum Gasteiger partial charge on any atom is 0.258 e. The summed E-state index contributed by atoms with van der Waals surface area (Å²) in [5.41, 5.74) is 1.41. The van der Waals surface area contributed by atoms with Crippen molar-refractivity contribution in [2.24, 2.45) is 5.92 Å². The van der Waals surface area contributed by atoms with Crippen LogP contribution < -0.4 is 4.74 Å². The molecule has 154 valence electrons. The van der Waals surface area contributed by atoms with Gasteiger partial charge in [0, 0.05) is 25.0 Å². The minimum atomic E-state index is -0.0980. The van der Waals surface area contributed by atoms with E-state index in [1.54, 1.807) is 36.9 Å². The molecule has 30 heavy (non-hydrogen) atoms. The predicted octanol–water partition coefficient (Wildman–Crippen LogP) is 3.09. The first kappa shape index (κ1) is 19.0. The predicted molar refractivity (Wildman–Crippen MR) is 110 cm³/mol. The number of hydrogen-bond donors (Lipinski definition) is 0. The van der Waals surface area contributed by atoms with Crippen LogP contribution in [0.15, 0.2) is 43.0 Å². The molecule has 5 heterocycles. The molecule has 1 aliphatic carbocycles. The fraction of sp³-hybridized carbons (Fsp3) is 0.381. The summed E-state index contributed by atoms with van der Waals surface area (Å²) >= 11 is 5.93. The average Bonchev–Trinajstić information content (AvgIpc) is 3.30. The van der Waals surface area contributed by atoms with E-state index in [1.807, 2.05) is 17.9 Å². The average molecular weight is 425 g/mol. The Balaban J connectivity index is 1.44. The third-order valence-electron chi connectivity index (χ3n) is 5.80. The van der Waals surface area contributed by atoms with Crippen LogP contribution in [0.4, 0.5) is 0 Å². The lowest BCUT2D eigenvalue weighted by Crippen LogP contribution is -2.59. The van der Waals surface area contributed by atoms with Gasteiger partial charge in [-0.05, 0) is 49.8 Å². The molecule has 0 unspecified atom stereocenters. The topological polar surface area (TPSA) is 86.0 Å². The second kappa shape index (κ2) is 7.68. The molecule has 1 saturated carbocycles. The van der Waals surface area contributed by atoms with Crippen molar-refractivity contribution in [3.05, 3.63) is 59.1 Å². The highest BCUT2D eigenvalue weighted by Crippen LogP contribution is 2.38. The fourth-order valence-corrected chi connectivity index (χ4v) is 4.55. The molecule has 3 aromatic rings. The molecular weight excluding hydrogens is 404 g/mol. The number of carbonyl (C=O) groups excluding carboxylic acids is 1. The summed E-state index contributed by atoms with van der Waals surface area (Å²) < 4.78 is 6.18. The number of hydrogen-bond acceptors (Lipinski definition) is 6. The van der Waals surface area contributed by atoms with Gasteiger partial charge in [-0.2, -0.15) is 10.2 Å². The van der Waals surface area contributed by atoms with Crippen LogP contribution in [0.2, 0.25) is 5.02 Å². The maximum atomic E-state index is 13.6. The van der Waals surface area contributed by atoms with E-state index in [4.69, 9.17) is 16.3 Å². The Kier molecular flexibility index (Phi) is 4.86. The SMILES string of the molecule is Cc1cnc(-n2nccn2)c(C(=O)N2C[C@@H]3CC[C@H]2[C@H](Oc2ccc(Cl)cn2)C3)c1. The first-order valence-electron chi connectivity index (χ1n) is 10.0.